The first kappa shape index (κ1) is 11.6. The van der Waals surface area contributed by atoms with Crippen LogP contribution in [0.15, 0.2) is 6.07 Å². The van der Waals surface area contributed by atoms with Gasteiger partial charge in [-0.3, -0.25) is 9.58 Å². The molecule has 0 bridgehead atoms. The van der Waals surface area contributed by atoms with Gasteiger partial charge in [0.05, 0.1) is 11.4 Å². The van der Waals surface area contributed by atoms with Crippen LogP contribution in [0.1, 0.15) is 24.7 Å². The topological polar surface area (TPSA) is 33.1 Å². The largest absolute Gasteiger partial charge is 0.315 e. The van der Waals surface area contributed by atoms with E-state index in [0.29, 0.717) is 6.04 Å². The number of hydrogen-bond donors (Lipinski definition) is 1. The van der Waals surface area contributed by atoms with Crippen LogP contribution in [0.3, 0.4) is 0 Å². The molecule has 1 aromatic rings. The monoisotopic (exact) mass is 222 g/mol. The van der Waals surface area contributed by atoms with Gasteiger partial charge in [-0.15, -0.1) is 0 Å². The highest BCUT2D eigenvalue weighted by Crippen LogP contribution is 2.12. The maximum absolute atomic E-state index is 4.48. The average Bonchev–Trinajstić information content (AvgIpc) is 2.88. The van der Waals surface area contributed by atoms with Crippen LogP contribution in [0.25, 0.3) is 0 Å². The molecule has 1 aromatic heterocycles. The van der Waals surface area contributed by atoms with Gasteiger partial charge in [0.25, 0.3) is 0 Å². The third kappa shape index (κ3) is 2.44. The Morgan fingerprint density at radius 1 is 1.62 bits per heavy atom. The molecule has 0 radical (unpaired) electrons. The van der Waals surface area contributed by atoms with E-state index in [9.17, 15) is 0 Å². The van der Waals surface area contributed by atoms with E-state index in [2.05, 4.69) is 35.4 Å². The Morgan fingerprint density at radius 2 is 2.44 bits per heavy atom. The van der Waals surface area contributed by atoms with Crippen molar-refractivity contribution in [1.29, 1.82) is 0 Å². The van der Waals surface area contributed by atoms with Gasteiger partial charge in [0.1, 0.15) is 0 Å². The fourth-order valence-corrected chi connectivity index (χ4v) is 2.29. The number of rotatable bonds is 4. The molecular weight excluding hydrogens is 200 g/mol. The summed E-state index contributed by atoms with van der Waals surface area (Å²) in [6.07, 6.45) is 2.28. The van der Waals surface area contributed by atoms with E-state index in [1.165, 1.54) is 17.8 Å². The molecule has 0 amide bonds. The van der Waals surface area contributed by atoms with Crippen LogP contribution in [0.5, 0.6) is 0 Å². The zero-order chi connectivity index (χ0) is 11.5. The van der Waals surface area contributed by atoms with E-state index in [1.54, 1.807) is 0 Å². The van der Waals surface area contributed by atoms with Crippen LogP contribution in [-0.2, 0) is 20.0 Å². The van der Waals surface area contributed by atoms with Crippen molar-refractivity contribution in [1.82, 2.24) is 20.0 Å². The van der Waals surface area contributed by atoms with Crippen molar-refractivity contribution < 1.29 is 0 Å². The second-order valence-corrected chi connectivity index (χ2v) is 4.67. The molecule has 0 spiro atoms. The van der Waals surface area contributed by atoms with Gasteiger partial charge in [-0.05, 0) is 32.5 Å². The number of likely N-dealkylation sites (N-methyl/N-ethyl adjacent to an activating group) is 1. The molecule has 0 aromatic carbocycles. The SMILES string of the molecule is CCc1cc(CN(C)C2CCNC2)n(C)n1. The maximum atomic E-state index is 4.48. The Morgan fingerprint density at radius 3 is 3.00 bits per heavy atom. The van der Waals surface area contributed by atoms with Gasteiger partial charge in [-0.25, -0.2) is 0 Å². The van der Waals surface area contributed by atoms with E-state index in [0.717, 1.165) is 26.1 Å². The van der Waals surface area contributed by atoms with Crippen molar-refractivity contribution in [3.8, 4) is 0 Å². The molecule has 1 N–H and O–H groups in total. The maximum Gasteiger partial charge on any atom is 0.0625 e. The van der Waals surface area contributed by atoms with Gasteiger partial charge >= 0.3 is 0 Å². The number of hydrogen-bond acceptors (Lipinski definition) is 3. The lowest BCUT2D eigenvalue weighted by Gasteiger charge is -2.23. The fraction of sp³-hybridized carbons (Fsp3) is 0.750. The smallest absolute Gasteiger partial charge is 0.0625 e. The van der Waals surface area contributed by atoms with Crippen molar-refractivity contribution in [2.45, 2.75) is 32.4 Å². The van der Waals surface area contributed by atoms with Crippen molar-refractivity contribution in [2.75, 3.05) is 20.1 Å². The van der Waals surface area contributed by atoms with Gasteiger partial charge in [0, 0.05) is 26.2 Å². The fourth-order valence-electron chi connectivity index (χ4n) is 2.29. The Kier molecular flexibility index (Phi) is 3.61. The highest BCUT2D eigenvalue weighted by molar-refractivity contribution is 5.10. The normalized spacial score (nSPS) is 20.9. The molecular formula is C12H22N4. The number of aromatic nitrogens is 2. The van der Waals surface area contributed by atoms with Gasteiger partial charge in [-0.1, -0.05) is 6.92 Å². The van der Waals surface area contributed by atoms with Gasteiger partial charge in [0.15, 0.2) is 0 Å². The van der Waals surface area contributed by atoms with Crippen LogP contribution >= 0.6 is 0 Å². The van der Waals surface area contributed by atoms with Gasteiger partial charge in [0.2, 0.25) is 0 Å². The van der Waals surface area contributed by atoms with E-state index in [4.69, 9.17) is 0 Å². The quantitative estimate of drug-likeness (QED) is 0.817. The van der Waals surface area contributed by atoms with Crippen LogP contribution in [0.4, 0.5) is 0 Å². The second-order valence-electron chi connectivity index (χ2n) is 4.67. The molecule has 1 atom stereocenters. The molecule has 1 fully saturated rings. The summed E-state index contributed by atoms with van der Waals surface area (Å²) in [7, 11) is 4.24. The number of aryl methyl sites for hydroxylation is 2. The summed E-state index contributed by atoms with van der Waals surface area (Å²) in [6, 6.07) is 2.90. The minimum Gasteiger partial charge on any atom is -0.315 e. The van der Waals surface area contributed by atoms with E-state index >= 15 is 0 Å². The van der Waals surface area contributed by atoms with Crippen LogP contribution in [0, 0.1) is 0 Å². The van der Waals surface area contributed by atoms with Crippen LogP contribution in [-0.4, -0.2) is 40.9 Å². The summed E-state index contributed by atoms with van der Waals surface area (Å²) >= 11 is 0. The van der Waals surface area contributed by atoms with Crippen molar-refractivity contribution >= 4 is 0 Å². The van der Waals surface area contributed by atoms with E-state index < -0.39 is 0 Å². The predicted molar refractivity (Wildman–Crippen MR) is 65.3 cm³/mol. The molecule has 1 aliphatic rings. The van der Waals surface area contributed by atoms with E-state index in [1.807, 2.05) is 11.7 Å². The summed E-state index contributed by atoms with van der Waals surface area (Å²) in [5.41, 5.74) is 2.50. The molecule has 1 saturated heterocycles. The summed E-state index contributed by atoms with van der Waals surface area (Å²) < 4.78 is 2.01. The molecule has 2 heterocycles. The van der Waals surface area contributed by atoms with Gasteiger partial charge < -0.3 is 5.32 Å². The molecule has 4 heteroatoms. The van der Waals surface area contributed by atoms with Crippen LogP contribution < -0.4 is 5.32 Å². The Labute approximate surface area is 97.6 Å². The van der Waals surface area contributed by atoms with Crippen molar-refractivity contribution in [3.05, 3.63) is 17.5 Å². The third-order valence-corrected chi connectivity index (χ3v) is 3.46. The Balaban J connectivity index is 1.99. The highest BCUT2D eigenvalue weighted by atomic mass is 15.3. The summed E-state index contributed by atoms with van der Waals surface area (Å²) in [4.78, 5) is 2.43. The standard InChI is InChI=1S/C12H22N4/c1-4-10-7-12(16(3)14-10)9-15(2)11-5-6-13-8-11/h7,11,13H,4-6,8-9H2,1-3H3. The number of nitrogens with zero attached hydrogens (tertiary/aromatic N) is 3. The van der Waals surface area contributed by atoms with Crippen molar-refractivity contribution in [3.63, 3.8) is 0 Å². The first-order chi connectivity index (χ1) is 7.70. The third-order valence-electron chi connectivity index (χ3n) is 3.46. The Hall–Kier alpha value is -0.870. The second kappa shape index (κ2) is 4.97. The number of nitrogens with one attached hydrogen (secondary N) is 1. The minimum atomic E-state index is 0.681. The lowest BCUT2D eigenvalue weighted by Crippen LogP contribution is -2.33. The molecule has 90 valence electrons. The van der Waals surface area contributed by atoms with E-state index in [-0.39, 0.29) is 0 Å². The molecule has 16 heavy (non-hydrogen) atoms. The molecule has 0 saturated carbocycles. The van der Waals surface area contributed by atoms with Crippen molar-refractivity contribution in [2.24, 2.45) is 7.05 Å². The average molecular weight is 222 g/mol. The lowest BCUT2D eigenvalue weighted by atomic mass is 10.2. The molecule has 0 aliphatic carbocycles. The first-order valence-electron chi connectivity index (χ1n) is 6.13. The summed E-state index contributed by atoms with van der Waals surface area (Å²) in [5.74, 6) is 0. The van der Waals surface area contributed by atoms with Crippen LogP contribution in [0.2, 0.25) is 0 Å². The summed E-state index contributed by atoms with van der Waals surface area (Å²) in [5, 5.41) is 7.89. The predicted octanol–water partition coefficient (Wildman–Crippen LogP) is 0.776. The molecule has 4 nitrogen and oxygen atoms in total. The lowest BCUT2D eigenvalue weighted by molar-refractivity contribution is 0.242. The zero-order valence-corrected chi connectivity index (χ0v) is 10.5. The zero-order valence-electron chi connectivity index (χ0n) is 10.5. The molecule has 1 aliphatic heterocycles. The van der Waals surface area contributed by atoms with Gasteiger partial charge in [-0.2, -0.15) is 5.10 Å². The Bertz CT molecular complexity index is 339. The molecule has 1 unspecified atom stereocenters. The summed E-state index contributed by atoms with van der Waals surface area (Å²) in [6.45, 7) is 5.42. The minimum absolute atomic E-state index is 0.681. The molecule has 2 rings (SSSR count). The highest BCUT2D eigenvalue weighted by Gasteiger charge is 2.20. The first-order valence-corrected chi connectivity index (χ1v) is 6.13.